The Morgan fingerprint density at radius 1 is 1.08 bits per heavy atom. The Morgan fingerprint density at radius 2 is 1.69 bits per heavy atom. The maximum absolute atomic E-state index is 12.0. The van der Waals surface area contributed by atoms with E-state index in [-0.39, 0.29) is 18.4 Å². The fourth-order valence-electron chi connectivity index (χ4n) is 2.16. The minimum absolute atomic E-state index is 0.0361. The molecule has 0 fully saturated rings. The summed E-state index contributed by atoms with van der Waals surface area (Å²) in [6.45, 7) is 5.68. The SMILES string of the molecule is C=CCOc1ccc(NC(=O)CNc2ccc(N(C)C(C)=O)cc2)cc1. The van der Waals surface area contributed by atoms with Crippen molar-refractivity contribution in [1.29, 1.82) is 0 Å². The van der Waals surface area contributed by atoms with Gasteiger partial charge in [0, 0.05) is 31.0 Å². The zero-order valence-electron chi connectivity index (χ0n) is 15.0. The monoisotopic (exact) mass is 353 g/mol. The molecule has 2 rings (SSSR count). The standard InChI is InChI=1S/C20H23N3O3/c1-4-13-26-19-11-7-17(8-12-19)22-20(25)14-21-16-5-9-18(10-6-16)23(3)15(2)24/h4-12,21H,1,13-14H2,2-3H3,(H,22,25). The smallest absolute Gasteiger partial charge is 0.243 e. The first-order valence-electron chi connectivity index (χ1n) is 8.21. The molecule has 2 aromatic carbocycles. The van der Waals surface area contributed by atoms with E-state index in [1.165, 1.54) is 6.92 Å². The quantitative estimate of drug-likeness (QED) is 0.715. The van der Waals surface area contributed by atoms with Gasteiger partial charge >= 0.3 is 0 Å². The van der Waals surface area contributed by atoms with Crippen LogP contribution in [0, 0.1) is 0 Å². The van der Waals surface area contributed by atoms with Crippen LogP contribution < -0.4 is 20.3 Å². The summed E-state index contributed by atoms with van der Waals surface area (Å²) in [5.74, 6) is 0.525. The molecule has 0 heterocycles. The minimum atomic E-state index is -0.158. The average Bonchev–Trinajstić information content (AvgIpc) is 2.65. The Hall–Kier alpha value is -3.28. The number of nitrogens with zero attached hydrogens (tertiary/aromatic N) is 1. The van der Waals surface area contributed by atoms with Gasteiger partial charge in [-0.1, -0.05) is 12.7 Å². The van der Waals surface area contributed by atoms with Crippen LogP contribution in [0.3, 0.4) is 0 Å². The van der Waals surface area contributed by atoms with Gasteiger partial charge in [0.05, 0.1) is 6.54 Å². The molecule has 0 aromatic heterocycles. The normalized spacial score (nSPS) is 9.92. The van der Waals surface area contributed by atoms with E-state index in [2.05, 4.69) is 17.2 Å². The van der Waals surface area contributed by atoms with Crippen molar-refractivity contribution in [3.8, 4) is 5.75 Å². The predicted molar refractivity (Wildman–Crippen MR) is 105 cm³/mol. The van der Waals surface area contributed by atoms with Crippen LogP contribution in [0.2, 0.25) is 0 Å². The number of anilines is 3. The van der Waals surface area contributed by atoms with Gasteiger partial charge in [-0.25, -0.2) is 0 Å². The highest BCUT2D eigenvalue weighted by Crippen LogP contribution is 2.17. The van der Waals surface area contributed by atoms with Gasteiger partial charge in [-0.2, -0.15) is 0 Å². The fourth-order valence-corrected chi connectivity index (χ4v) is 2.16. The third kappa shape index (κ3) is 5.66. The zero-order chi connectivity index (χ0) is 18.9. The highest BCUT2D eigenvalue weighted by Gasteiger charge is 2.06. The summed E-state index contributed by atoms with van der Waals surface area (Å²) in [6, 6.07) is 14.4. The Labute approximate surface area is 153 Å². The van der Waals surface area contributed by atoms with E-state index in [0.717, 1.165) is 17.1 Å². The molecule has 6 heteroatoms. The van der Waals surface area contributed by atoms with Crippen molar-refractivity contribution >= 4 is 28.9 Å². The molecule has 0 aliphatic heterocycles. The van der Waals surface area contributed by atoms with Gasteiger partial charge in [0.2, 0.25) is 11.8 Å². The van der Waals surface area contributed by atoms with Gasteiger partial charge in [-0.3, -0.25) is 9.59 Å². The molecule has 0 aliphatic carbocycles. The number of nitrogens with one attached hydrogen (secondary N) is 2. The molecule has 0 bridgehead atoms. The number of rotatable bonds is 8. The first-order chi connectivity index (χ1) is 12.5. The van der Waals surface area contributed by atoms with Gasteiger partial charge in [-0.05, 0) is 48.5 Å². The number of hydrogen-bond acceptors (Lipinski definition) is 4. The van der Waals surface area contributed by atoms with E-state index in [1.54, 1.807) is 42.3 Å². The molecule has 0 saturated heterocycles. The van der Waals surface area contributed by atoms with Crippen molar-refractivity contribution in [1.82, 2.24) is 0 Å². The Kier molecular flexibility index (Phi) is 6.79. The van der Waals surface area contributed by atoms with Gasteiger partial charge in [-0.15, -0.1) is 0 Å². The lowest BCUT2D eigenvalue weighted by atomic mass is 10.2. The molecule has 2 N–H and O–H groups in total. The van der Waals surface area contributed by atoms with Gasteiger partial charge in [0.15, 0.2) is 0 Å². The number of amides is 2. The van der Waals surface area contributed by atoms with Crippen LogP contribution in [0.4, 0.5) is 17.1 Å². The fraction of sp³-hybridized carbons (Fsp3) is 0.200. The van der Waals surface area contributed by atoms with Gasteiger partial charge in [0.25, 0.3) is 0 Å². The molecule has 0 unspecified atom stereocenters. The molecule has 0 atom stereocenters. The summed E-state index contributed by atoms with van der Waals surface area (Å²) >= 11 is 0. The lowest BCUT2D eigenvalue weighted by Crippen LogP contribution is -2.23. The van der Waals surface area contributed by atoms with Crippen LogP contribution >= 0.6 is 0 Å². The van der Waals surface area contributed by atoms with E-state index < -0.39 is 0 Å². The molecule has 136 valence electrons. The second kappa shape index (κ2) is 9.27. The second-order valence-electron chi connectivity index (χ2n) is 5.65. The third-order valence-corrected chi connectivity index (χ3v) is 3.69. The Balaban J connectivity index is 1.83. The highest BCUT2D eigenvalue weighted by atomic mass is 16.5. The average molecular weight is 353 g/mol. The van der Waals surface area contributed by atoms with E-state index in [1.807, 2.05) is 24.3 Å². The lowest BCUT2D eigenvalue weighted by molar-refractivity contribution is -0.116. The number of carbonyl (C=O) groups excluding carboxylic acids is 2. The first kappa shape index (κ1) is 19.1. The van der Waals surface area contributed by atoms with Crippen molar-refractivity contribution in [2.75, 3.05) is 35.7 Å². The van der Waals surface area contributed by atoms with Gasteiger partial charge < -0.3 is 20.3 Å². The van der Waals surface area contributed by atoms with Crippen LogP contribution in [0.1, 0.15) is 6.92 Å². The number of carbonyl (C=O) groups is 2. The molecule has 26 heavy (non-hydrogen) atoms. The van der Waals surface area contributed by atoms with Crippen molar-refractivity contribution in [3.63, 3.8) is 0 Å². The summed E-state index contributed by atoms with van der Waals surface area (Å²) in [6.07, 6.45) is 1.67. The molecule has 2 amide bonds. The van der Waals surface area contributed by atoms with Crippen LogP contribution in [-0.4, -0.2) is 32.0 Å². The summed E-state index contributed by atoms with van der Waals surface area (Å²) < 4.78 is 5.39. The second-order valence-corrected chi connectivity index (χ2v) is 5.65. The molecule has 6 nitrogen and oxygen atoms in total. The number of hydrogen-bond donors (Lipinski definition) is 2. The Bertz CT molecular complexity index is 755. The molecule has 0 saturated carbocycles. The predicted octanol–water partition coefficient (Wildman–Crippen LogP) is 3.28. The van der Waals surface area contributed by atoms with Crippen LogP contribution in [0.15, 0.2) is 61.2 Å². The molecule has 0 radical (unpaired) electrons. The molecular weight excluding hydrogens is 330 g/mol. The largest absolute Gasteiger partial charge is 0.490 e. The maximum atomic E-state index is 12.0. The molecule has 0 spiro atoms. The van der Waals surface area contributed by atoms with Crippen LogP contribution in [0.25, 0.3) is 0 Å². The topological polar surface area (TPSA) is 70.7 Å². The summed E-state index contributed by atoms with van der Waals surface area (Å²) in [5.41, 5.74) is 2.29. The number of ether oxygens (including phenoxy) is 1. The summed E-state index contributed by atoms with van der Waals surface area (Å²) in [4.78, 5) is 24.9. The minimum Gasteiger partial charge on any atom is -0.490 e. The number of benzene rings is 2. The van der Waals surface area contributed by atoms with Crippen LogP contribution in [0.5, 0.6) is 5.75 Å². The molecule has 0 aliphatic rings. The Morgan fingerprint density at radius 3 is 2.27 bits per heavy atom. The first-order valence-corrected chi connectivity index (χ1v) is 8.21. The van der Waals surface area contributed by atoms with E-state index >= 15 is 0 Å². The van der Waals surface area contributed by atoms with Crippen molar-refractivity contribution in [2.24, 2.45) is 0 Å². The lowest BCUT2D eigenvalue weighted by Gasteiger charge is -2.15. The maximum Gasteiger partial charge on any atom is 0.243 e. The zero-order valence-corrected chi connectivity index (χ0v) is 15.0. The molecular formula is C20H23N3O3. The van der Waals surface area contributed by atoms with E-state index in [0.29, 0.717) is 12.3 Å². The summed E-state index contributed by atoms with van der Waals surface area (Å²) in [5, 5.41) is 5.86. The highest BCUT2D eigenvalue weighted by molar-refractivity contribution is 5.94. The van der Waals surface area contributed by atoms with Gasteiger partial charge in [0.1, 0.15) is 12.4 Å². The third-order valence-electron chi connectivity index (χ3n) is 3.69. The van der Waals surface area contributed by atoms with E-state index in [4.69, 9.17) is 4.74 Å². The van der Waals surface area contributed by atoms with E-state index in [9.17, 15) is 9.59 Å². The van der Waals surface area contributed by atoms with Crippen LogP contribution in [-0.2, 0) is 9.59 Å². The van der Waals surface area contributed by atoms with Crippen molar-refractivity contribution in [2.45, 2.75) is 6.92 Å². The summed E-state index contributed by atoms with van der Waals surface area (Å²) in [7, 11) is 1.71. The molecule has 2 aromatic rings. The van der Waals surface area contributed by atoms with Crippen molar-refractivity contribution in [3.05, 3.63) is 61.2 Å². The van der Waals surface area contributed by atoms with Crippen molar-refractivity contribution < 1.29 is 14.3 Å².